The van der Waals surface area contributed by atoms with Gasteiger partial charge in [0, 0.05) is 0 Å². The number of carbonyl (C=O) groups is 1. The molecule has 6 heteroatoms. The molecule has 14 heavy (non-hydrogen) atoms. The number of ether oxygens (including phenoxy) is 1. The Balaban J connectivity index is 2.89. The number of para-hydroxylation sites is 1. The lowest BCUT2D eigenvalue weighted by Gasteiger charge is -2.13. The lowest BCUT2D eigenvalue weighted by atomic mass is 10.3. The monoisotopic (exact) mass is 314 g/mol. The van der Waals surface area contributed by atoms with Crippen LogP contribution in [0.25, 0.3) is 0 Å². The molecule has 0 aliphatic carbocycles. The summed E-state index contributed by atoms with van der Waals surface area (Å²) in [5.74, 6) is -2.46. The van der Waals surface area contributed by atoms with E-state index in [0.29, 0.717) is 3.57 Å². The molecule has 76 valence electrons. The fourth-order valence-corrected chi connectivity index (χ4v) is 1.21. The zero-order valence-electron chi connectivity index (χ0n) is 6.71. The van der Waals surface area contributed by atoms with Crippen LogP contribution in [0.1, 0.15) is 0 Å². The van der Waals surface area contributed by atoms with Gasteiger partial charge in [-0.25, -0.2) is 4.79 Å². The fourth-order valence-electron chi connectivity index (χ4n) is 0.709. The van der Waals surface area contributed by atoms with Gasteiger partial charge in [-0.1, -0.05) is 12.1 Å². The van der Waals surface area contributed by atoms with Gasteiger partial charge in [-0.15, -0.1) is 0 Å². The summed E-state index contributed by atoms with van der Waals surface area (Å²) in [4.78, 5) is 10.1. The molecule has 0 atom stereocenters. The average molecular weight is 314 g/mol. The molecule has 1 aromatic carbocycles. The molecule has 0 aliphatic rings. The summed E-state index contributed by atoms with van der Waals surface area (Å²) in [6.07, 6.45) is -4.19. The summed E-state index contributed by atoms with van der Waals surface area (Å²) in [7, 11) is 0. The van der Waals surface area contributed by atoms with E-state index in [1.54, 1.807) is 28.7 Å². The van der Waals surface area contributed by atoms with Gasteiger partial charge >= 0.3 is 12.1 Å². The fraction of sp³-hybridized carbons (Fsp3) is 0.125. The third kappa shape index (κ3) is 2.53. The number of hydrogen-bond donors (Lipinski definition) is 1. The van der Waals surface area contributed by atoms with Gasteiger partial charge in [-0.05, 0) is 34.7 Å². The molecular weight excluding hydrogens is 309 g/mol. The Morgan fingerprint density at radius 1 is 1.43 bits per heavy atom. The molecule has 0 heterocycles. The van der Waals surface area contributed by atoms with Crippen molar-refractivity contribution in [2.45, 2.75) is 6.11 Å². The standard InChI is InChI=1S/C8H5F2IO3/c9-8(10,7(12)13)14-6-4-2-1-3-5(6)11/h1-4H,(H,12,13). The summed E-state index contributed by atoms with van der Waals surface area (Å²) in [6.45, 7) is 0. The highest BCUT2D eigenvalue weighted by Crippen LogP contribution is 2.26. The van der Waals surface area contributed by atoms with E-state index in [4.69, 9.17) is 5.11 Å². The molecule has 3 nitrogen and oxygen atoms in total. The smallest absolute Gasteiger partial charge is 0.474 e. The molecule has 0 spiro atoms. The van der Waals surface area contributed by atoms with Gasteiger partial charge in [-0.2, -0.15) is 8.78 Å². The lowest BCUT2D eigenvalue weighted by molar-refractivity contribution is -0.211. The van der Waals surface area contributed by atoms with Crippen LogP contribution in [-0.2, 0) is 4.79 Å². The molecule has 1 rings (SSSR count). The third-order valence-electron chi connectivity index (χ3n) is 1.32. The minimum Gasteiger partial charge on any atom is -0.474 e. The van der Waals surface area contributed by atoms with Crippen molar-refractivity contribution in [2.24, 2.45) is 0 Å². The largest absolute Gasteiger partial charge is 0.501 e. The van der Waals surface area contributed by atoms with Gasteiger partial charge in [0.1, 0.15) is 5.75 Å². The highest BCUT2D eigenvalue weighted by Gasteiger charge is 2.42. The summed E-state index contributed by atoms with van der Waals surface area (Å²) in [5, 5.41) is 8.12. The highest BCUT2D eigenvalue weighted by molar-refractivity contribution is 14.1. The normalized spacial score (nSPS) is 11.1. The summed E-state index contributed by atoms with van der Waals surface area (Å²) < 4.78 is 29.6. The van der Waals surface area contributed by atoms with Crippen molar-refractivity contribution < 1.29 is 23.4 Å². The van der Waals surface area contributed by atoms with E-state index < -0.39 is 12.1 Å². The quantitative estimate of drug-likeness (QED) is 0.871. The number of carboxylic acid groups (broad SMARTS) is 1. The summed E-state index contributed by atoms with van der Waals surface area (Å²) in [6, 6.07) is 5.93. The number of halogens is 3. The van der Waals surface area contributed by atoms with Crippen LogP contribution in [0, 0.1) is 3.57 Å². The molecular formula is C8H5F2IO3. The Kier molecular flexibility index (Phi) is 3.25. The SMILES string of the molecule is O=C(O)C(F)(F)Oc1ccccc1I. The van der Waals surface area contributed by atoms with Crippen molar-refractivity contribution in [1.29, 1.82) is 0 Å². The molecule has 0 amide bonds. The van der Waals surface area contributed by atoms with Gasteiger partial charge in [0.15, 0.2) is 0 Å². The first kappa shape index (κ1) is 11.2. The van der Waals surface area contributed by atoms with Crippen LogP contribution in [0.5, 0.6) is 5.75 Å². The molecule has 0 bridgehead atoms. The van der Waals surface area contributed by atoms with Crippen LogP contribution < -0.4 is 4.74 Å². The predicted octanol–water partition coefficient (Wildman–Crippen LogP) is 2.35. The second-order valence-electron chi connectivity index (χ2n) is 2.35. The predicted molar refractivity (Wildman–Crippen MR) is 52.4 cm³/mol. The third-order valence-corrected chi connectivity index (χ3v) is 2.21. The second-order valence-corrected chi connectivity index (χ2v) is 3.52. The maximum Gasteiger partial charge on any atom is 0.501 e. The van der Waals surface area contributed by atoms with Crippen molar-refractivity contribution in [2.75, 3.05) is 0 Å². The Bertz CT molecular complexity index is 354. The first-order valence-corrected chi connectivity index (χ1v) is 4.56. The molecule has 0 saturated heterocycles. The molecule has 0 saturated carbocycles. The number of aliphatic carboxylic acids is 1. The maximum absolute atomic E-state index is 12.6. The van der Waals surface area contributed by atoms with E-state index in [2.05, 4.69) is 4.74 Å². The number of alkyl halides is 2. The molecule has 0 unspecified atom stereocenters. The Hall–Kier alpha value is -0.920. The van der Waals surface area contributed by atoms with E-state index in [1.165, 1.54) is 18.2 Å². The van der Waals surface area contributed by atoms with Crippen molar-refractivity contribution in [3.05, 3.63) is 27.8 Å². The maximum atomic E-state index is 12.6. The van der Waals surface area contributed by atoms with E-state index in [0.717, 1.165) is 0 Å². The minimum atomic E-state index is -4.19. The number of rotatable bonds is 3. The Labute approximate surface area is 91.8 Å². The van der Waals surface area contributed by atoms with Crippen molar-refractivity contribution in [1.82, 2.24) is 0 Å². The minimum absolute atomic E-state index is 0.152. The van der Waals surface area contributed by atoms with Crippen molar-refractivity contribution in [3.63, 3.8) is 0 Å². The second kappa shape index (κ2) is 4.07. The molecule has 0 aliphatic heterocycles. The van der Waals surface area contributed by atoms with Crippen LogP contribution in [0.2, 0.25) is 0 Å². The first-order valence-electron chi connectivity index (χ1n) is 3.48. The summed E-state index contributed by atoms with van der Waals surface area (Å²) >= 11 is 1.77. The first-order chi connectivity index (χ1) is 6.43. The zero-order chi connectivity index (χ0) is 10.8. The van der Waals surface area contributed by atoms with E-state index in [9.17, 15) is 13.6 Å². The van der Waals surface area contributed by atoms with Gasteiger partial charge in [0.2, 0.25) is 0 Å². The van der Waals surface area contributed by atoms with Crippen molar-refractivity contribution in [3.8, 4) is 5.75 Å². The van der Waals surface area contributed by atoms with Crippen LogP contribution in [0.15, 0.2) is 24.3 Å². The Morgan fingerprint density at radius 3 is 2.50 bits per heavy atom. The van der Waals surface area contributed by atoms with E-state index in [1.807, 2.05) is 0 Å². The Morgan fingerprint density at radius 2 is 2.00 bits per heavy atom. The number of hydrogen-bond acceptors (Lipinski definition) is 2. The summed E-state index contributed by atoms with van der Waals surface area (Å²) in [5.41, 5.74) is 0. The molecule has 0 fully saturated rings. The molecule has 1 N–H and O–H groups in total. The van der Waals surface area contributed by atoms with Gasteiger partial charge in [0.05, 0.1) is 3.57 Å². The van der Waals surface area contributed by atoms with Gasteiger partial charge < -0.3 is 9.84 Å². The van der Waals surface area contributed by atoms with Crippen LogP contribution in [0.4, 0.5) is 8.78 Å². The van der Waals surface area contributed by atoms with Gasteiger partial charge in [-0.3, -0.25) is 0 Å². The molecule has 0 aromatic heterocycles. The topological polar surface area (TPSA) is 46.5 Å². The molecule has 0 radical (unpaired) electrons. The molecule has 1 aromatic rings. The average Bonchev–Trinajstić information content (AvgIpc) is 2.08. The van der Waals surface area contributed by atoms with Gasteiger partial charge in [0.25, 0.3) is 0 Å². The van der Waals surface area contributed by atoms with Crippen LogP contribution in [0.3, 0.4) is 0 Å². The van der Waals surface area contributed by atoms with Crippen LogP contribution in [-0.4, -0.2) is 17.2 Å². The number of carboxylic acids is 1. The van der Waals surface area contributed by atoms with Crippen molar-refractivity contribution >= 4 is 28.6 Å². The lowest BCUT2D eigenvalue weighted by Crippen LogP contribution is -2.35. The zero-order valence-corrected chi connectivity index (χ0v) is 8.86. The van der Waals surface area contributed by atoms with E-state index >= 15 is 0 Å². The number of benzene rings is 1. The highest BCUT2D eigenvalue weighted by atomic mass is 127. The van der Waals surface area contributed by atoms with E-state index in [-0.39, 0.29) is 5.75 Å². The van der Waals surface area contributed by atoms with Crippen LogP contribution >= 0.6 is 22.6 Å².